The van der Waals surface area contributed by atoms with E-state index in [1.165, 1.54) is 21.2 Å². The molecular formula is C36H36N4O6S2. The van der Waals surface area contributed by atoms with Gasteiger partial charge in [-0.05, 0) is 81.8 Å². The van der Waals surface area contributed by atoms with Crippen molar-refractivity contribution in [2.75, 3.05) is 34.8 Å². The van der Waals surface area contributed by atoms with Crippen LogP contribution in [0.3, 0.4) is 0 Å². The minimum Gasteiger partial charge on any atom is -0.462 e. The molecule has 0 bridgehead atoms. The number of carbonyl (C=O) groups excluding carboxylic acids is 4. The molecule has 3 heterocycles. The molecular weight excluding hydrogens is 649 g/mol. The fourth-order valence-electron chi connectivity index (χ4n) is 6.29. The van der Waals surface area contributed by atoms with Crippen LogP contribution < -0.4 is 20.0 Å². The number of hydrogen-bond donors (Lipinski definition) is 1. The van der Waals surface area contributed by atoms with E-state index < -0.39 is 29.0 Å². The average molecular weight is 685 g/mol. The molecule has 12 heteroatoms. The summed E-state index contributed by atoms with van der Waals surface area (Å²) in [5.74, 6) is -2.83. The number of rotatable bonds is 10. The Balaban J connectivity index is 1.35. The van der Waals surface area contributed by atoms with E-state index >= 15 is 0 Å². The number of thioether (sulfide) groups is 1. The highest BCUT2D eigenvalue weighted by Gasteiger charge is 2.56. The number of nitrogens with zero attached hydrogens (tertiary/aromatic N) is 3. The van der Waals surface area contributed by atoms with Crippen LogP contribution in [0.4, 0.5) is 17.1 Å². The molecule has 1 fully saturated rings. The number of nitrogens with one attached hydrogen (secondary N) is 1. The maximum absolute atomic E-state index is 14.2. The Hall–Kier alpha value is -4.68. The van der Waals surface area contributed by atoms with Gasteiger partial charge in [0.1, 0.15) is 11.8 Å². The lowest BCUT2D eigenvalue weighted by molar-refractivity contribution is -0.122. The van der Waals surface area contributed by atoms with Gasteiger partial charge >= 0.3 is 10.8 Å². The van der Waals surface area contributed by atoms with Crippen LogP contribution in [-0.4, -0.2) is 53.2 Å². The predicted molar refractivity (Wildman–Crippen MR) is 188 cm³/mol. The van der Waals surface area contributed by atoms with Crippen molar-refractivity contribution in [1.29, 1.82) is 0 Å². The lowest BCUT2D eigenvalue weighted by Crippen LogP contribution is -2.33. The van der Waals surface area contributed by atoms with Gasteiger partial charge in [-0.15, -0.1) is 0 Å². The Labute approximate surface area is 286 Å². The van der Waals surface area contributed by atoms with Crippen molar-refractivity contribution in [3.8, 4) is 0 Å². The first-order valence-electron chi connectivity index (χ1n) is 15.9. The van der Waals surface area contributed by atoms with Crippen molar-refractivity contribution in [3.05, 3.63) is 104 Å². The number of aryl methyl sites for hydroxylation is 1. The van der Waals surface area contributed by atoms with Crippen molar-refractivity contribution >= 4 is 63.9 Å². The number of aromatic nitrogens is 1. The summed E-state index contributed by atoms with van der Waals surface area (Å²) in [5.41, 5.74) is 4.20. The molecule has 248 valence electrons. The number of carbonyl (C=O) groups is 4. The molecule has 1 aromatic heterocycles. The first kappa shape index (κ1) is 33.2. The van der Waals surface area contributed by atoms with Crippen LogP contribution in [0.5, 0.6) is 0 Å². The van der Waals surface area contributed by atoms with Gasteiger partial charge in [-0.1, -0.05) is 52.9 Å². The van der Waals surface area contributed by atoms with E-state index in [0.717, 1.165) is 41.2 Å². The van der Waals surface area contributed by atoms with Gasteiger partial charge in [-0.3, -0.25) is 23.7 Å². The van der Waals surface area contributed by atoms with Crippen LogP contribution in [-0.2, 0) is 25.7 Å². The predicted octanol–water partition coefficient (Wildman–Crippen LogP) is 5.68. The molecule has 2 aliphatic rings. The number of benzene rings is 3. The van der Waals surface area contributed by atoms with Crippen molar-refractivity contribution in [3.63, 3.8) is 0 Å². The highest BCUT2D eigenvalue weighted by atomic mass is 32.2. The topological polar surface area (TPSA) is 118 Å². The molecule has 0 unspecified atom stereocenters. The number of thiazole rings is 1. The molecule has 1 saturated heterocycles. The second-order valence-electron chi connectivity index (χ2n) is 11.6. The zero-order valence-electron chi connectivity index (χ0n) is 27.1. The third kappa shape index (κ3) is 6.17. The zero-order chi connectivity index (χ0) is 34.1. The van der Waals surface area contributed by atoms with Crippen molar-refractivity contribution in [1.82, 2.24) is 4.57 Å². The fraction of sp³-hybridized carbons (Fsp3) is 0.306. The van der Waals surface area contributed by atoms with Crippen LogP contribution in [0.1, 0.15) is 53.1 Å². The number of anilines is 3. The monoisotopic (exact) mass is 684 g/mol. The quantitative estimate of drug-likeness (QED) is 0.168. The molecule has 3 amide bonds. The van der Waals surface area contributed by atoms with Gasteiger partial charge in [0.2, 0.25) is 17.7 Å². The number of fused-ring (bicyclic) bond motifs is 2. The molecule has 3 aromatic carbocycles. The number of imide groups is 1. The normalized spacial score (nSPS) is 18.3. The number of ether oxygens (including phenoxy) is 1. The molecule has 0 radical (unpaired) electrons. The van der Waals surface area contributed by atoms with Gasteiger partial charge in [0.05, 0.1) is 28.8 Å². The smallest absolute Gasteiger partial charge is 0.338 e. The van der Waals surface area contributed by atoms with Crippen LogP contribution >= 0.6 is 23.1 Å². The second kappa shape index (κ2) is 13.8. The van der Waals surface area contributed by atoms with Gasteiger partial charge < -0.3 is 15.0 Å². The number of hydrogen-bond acceptors (Lipinski definition) is 9. The molecule has 3 atom stereocenters. The number of amides is 3. The molecule has 4 aromatic rings. The SMILES string of the molecule is CCOC(=O)c1ccc(NC(=O)Cn2c3c(sc2=O)[C@@H](c2ccc(N(CC)CC)cc2)[C@@H]2C(=O)N(c4ccc(C)cc4)C(=O)[C@@H]2S3)cc1. The molecule has 2 aliphatic heterocycles. The van der Waals surface area contributed by atoms with Gasteiger partial charge in [0, 0.05) is 35.3 Å². The van der Waals surface area contributed by atoms with Crippen LogP contribution in [0.25, 0.3) is 0 Å². The van der Waals surface area contributed by atoms with Gasteiger partial charge in [-0.2, -0.15) is 0 Å². The molecule has 10 nitrogen and oxygen atoms in total. The molecule has 0 saturated carbocycles. The first-order chi connectivity index (χ1) is 23.1. The summed E-state index contributed by atoms with van der Waals surface area (Å²) in [6.07, 6.45) is 0. The van der Waals surface area contributed by atoms with E-state index in [9.17, 15) is 24.0 Å². The Kier molecular flexibility index (Phi) is 9.56. The van der Waals surface area contributed by atoms with E-state index in [0.29, 0.717) is 26.8 Å². The minimum absolute atomic E-state index is 0.253. The van der Waals surface area contributed by atoms with E-state index in [1.807, 2.05) is 43.3 Å². The Morgan fingerprint density at radius 3 is 2.17 bits per heavy atom. The zero-order valence-corrected chi connectivity index (χ0v) is 28.7. The second-order valence-corrected chi connectivity index (χ2v) is 13.7. The lowest BCUT2D eigenvalue weighted by atomic mass is 9.83. The summed E-state index contributed by atoms with van der Waals surface area (Å²) in [6.45, 7) is 9.48. The van der Waals surface area contributed by atoms with E-state index in [4.69, 9.17) is 4.74 Å². The maximum atomic E-state index is 14.2. The van der Waals surface area contributed by atoms with E-state index in [-0.39, 0.29) is 29.8 Å². The van der Waals surface area contributed by atoms with Crippen molar-refractivity contribution < 1.29 is 23.9 Å². The van der Waals surface area contributed by atoms with Crippen molar-refractivity contribution in [2.24, 2.45) is 5.92 Å². The van der Waals surface area contributed by atoms with Crippen LogP contribution in [0, 0.1) is 12.8 Å². The molecule has 48 heavy (non-hydrogen) atoms. The summed E-state index contributed by atoms with van der Waals surface area (Å²) in [7, 11) is 0. The summed E-state index contributed by atoms with van der Waals surface area (Å²) < 4.78 is 6.41. The highest BCUT2D eigenvalue weighted by molar-refractivity contribution is 8.00. The molecule has 0 aliphatic carbocycles. The highest BCUT2D eigenvalue weighted by Crippen LogP contribution is 2.54. The third-order valence-corrected chi connectivity index (χ3v) is 11.3. The number of esters is 1. The van der Waals surface area contributed by atoms with E-state index in [2.05, 4.69) is 24.1 Å². The van der Waals surface area contributed by atoms with Crippen LogP contribution in [0.2, 0.25) is 0 Å². The summed E-state index contributed by atoms with van der Waals surface area (Å²) in [4.78, 5) is 70.8. The first-order valence-corrected chi connectivity index (χ1v) is 17.6. The minimum atomic E-state index is -0.780. The average Bonchev–Trinajstić information content (AvgIpc) is 3.52. The Morgan fingerprint density at radius 2 is 1.54 bits per heavy atom. The van der Waals surface area contributed by atoms with E-state index in [1.54, 1.807) is 43.3 Å². The molecule has 0 spiro atoms. The van der Waals surface area contributed by atoms with Crippen molar-refractivity contribution in [2.45, 2.75) is 50.4 Å². The lowest BCUT2D eigenvalue weighted by Gasteiger charge is -2.31. The van der Waals surface area contributed by atoms with Gasteiger partial charge in [-0.25, -0.2) is 9.69 Å². The summed E-state index contributed by atoms with van der Waals surface area (Å²) in [5, 5.41) is 2.53. The van der Waals surface area contributed by atoms with Crippen LogP contribution in [0.15, 0.2) is 82.6 Å². The standard InChI is InChI=1S/C36H36N4O6S2/c1-5-38(6-2)25-18-12-22(13-19-25)28-29-30(33(43)40(32(29)42)26-16-8-21(4)9-17-26)47-34-31(28)48-36(45)39(34)20-27(41)37-24-14-10-23(11-15-24)35(44)46-7-3/h8-19,28-30H,5-7,20H2,1-4H3,(H,37,41)/t28-,29-,30+/m0/s1. The molecule has 6 rings (SSSR count). The maximum Gasteiger partial charge on any atom is 0.338 e. The molecule has 1 N–H and O–H groups in total. The summed E-state index contributed by atoms with van der Waals surface area (Å²) in [6, 6.07) is 21.6. The summed E-state index contributed by atoms with van der Waals surface area (Å²) >= 11 is 2.19. The third-order valence-electron chi connectivity index (χ3n) is 8.70. The Morgan fingerprint density at radius 1 is 0.875 bits per heavy atom. The van der Waals surface area contributed by atoms with Gasteiger partial charge in [0.15, 0.2) is 0 Å². The fourth-order valence-corrected chi connectivity index (χ4v) is 9.07. The largest absolute Gasteiger partial charge is 0.462 e. The Bertz CT molecular complexity index is 1910. The van der Waals surface area contributed by atoms with Gasteiger partial charge in [0.25, 0.3) is 0 Å².